The maximum atomic E-state index is 12.0. The number of carbonyl (C=O) groups excluding carboxylic acids is 2. The first-order valence-electron chi connectivity index (χ1n) is 7.77. The minimum atomic E-state index is -0.692. The van der Waals surface area contributed by atoms with Gasteiger partial charge in [-0.2, -0.15) is 0 Å². The van der Waals surface area contributed by atoms with Crippen molar-refractivity contribution < 1.29 is 14.7 Å². The summed E-state index contributed by atoms with van der Waals surface area (Å²) < 4.78 is 0. The summed E-state index contributed by atoms with van der Waals surface area (Å²) in [5, 5.41) is 16.2. The molecular formula is C16H21Cl2N3O3. The molecule has 0 aromatic heterocycles. The molecule has 24 heavy (non-hydrogen) atoms. The van der Waals surface area contributed by atoms with Gasteiger partial charge in [0.25, 0.3) is 0 Å². The smallest absolute Gasteiger partial charge is 0.321 e. The van der Waals surface area contributed by atoms with Crippen LogP contribution in [0.15, 0.2) is 12.1 Å². The maximum absolute atomic E-state index is 12.0. The van der Waals surface area contributed by atoms with E-state index in [1.807, 2.05) is 6.92 Å². The molecule has 0 bridgehead atoms. The van der Waals surface area contributed by atoms with Crippen LogP contribution in [0.5, 0.6) is 0 Å². The van der Waals surface area contributed by atoms with Gasteiger partial charge in [0.2, 0.25) is 5.91 Å². The van der Waals surface area contributed by atoms with E-state index in [9.17, 15) is 14.7 Å². The zero-order valence-corrected chi connectivity index (χ0v) is 15.1. The quantitative estimate of drug-likeness (QED) is 0.738. The lowest BCUT2D eigenvalue weighted by atomic mass is 10.1. The molecule has 132 valence electrons. The average Bonchev–Trinajstić information content (AvgIpc) is 2.81. The number of aliphatic hydroxyl groups excluding tert-OH is 1. The number of urea groups is 1. The van der Waals surface area contributed by atoms with Crippen LogP contribution in [0.1, 0.15) is 30.5 Å². The first-order valence-corrected chi connectivity index (χ1v) is 8.52. The Morgan fingerprint density at radius 2 is 2.08 bits per heavy atom. The number of hydrogen-bond acceptors (Lipinski definition) is 4. The van der Waals surface area contributed by atoms with Gasteiger partial charge in [0, 0.05) is 23.0 Å². The molecule has 1 aromatic rings. The van der Waals surface area contributed by atoms with Gasteiger partial charge >= 0.3 is 6.03 Å². The van der Waals surface area contributed by atoms with E-state index >= 15 is 0 Å². The monoisotopic (exact) mass is 373 g/mol. The van der Waals surface area contributed by atoms with Crippen LogP contribution in [0.3, 0.4) is 0 Å². The summed E-state index contributed by atoms with van der Waals surface area (Å²) in [4.78, 5) is 25.2. The van der Waals surface area contributed by atoms with Gasteiger partial charge in [-0.25, -0.2) is 4.79 Å². The second-order valence-electron chi connectivity index (χ2n) is 5.89. The van der Waals surface area contributed by atoms with Gasteiger partial charge in [-0.05, 0) is 36.7 Å². The molecule has 0 heterocycles. The highest BCUT2D eigenvalue weighted by Crippen LogP contribution is 2.40. The van der Waals surface area contributed by atoms with E-state index in [1.54, 1.807) is 24.1 Å². The van der Waals surface area contributed by atoms with Gasteiger partial charge in [0.05, 0.1) is 18.7 Å². The molecule has 0 aliphatic heterocycles. The largest absolute Gasteiger partial charge is 0.391 e. The van der Waals surface area contributed by atoms with Crippen LogP contribution >= 0.6 is 23.2 Å². The van der Waals surface area contributed by atoms with Crippen LogP contribution in [0.25, 0.3) is 0 Å². The lowest BCUT2D eigenvalue weighted by molar-refractivity contribution is -0.121. The summed E-state index contributed by atoms with van der Waals surface area (Å²) in [6.07, 6.45) is 0.496. The molecule has 1 aliphatic rings. The van der Waals surface area contributed by atoms with Crippen molar-refractivity contribution in [1.29, 1.82) is 0 Å². The van der Waals surface area contributed by atoms with Crippen LogP contribution in [0.2, 0.25) is 10.0 Å². The molecule has 0 spiro atoms. The van der Waals surface area contributed by atoms with Crippen molar-refractivity contribution in [2.24, 2.45) is 0 Å². The van der Waals surface area contributed by atoms with Gasteiger partial charge in [-0.3, -0.25) is 15.0 Å². The molecule has 0 unspecified atom stereocenters. The Labute approximate surface area is 151 Å². The second-order valence-corrected chi connectivity index (χ2v) is 6.73. The minimum absolute atomic E-state index is 0.0369. The van der Waals surface area contributed by atoms with Crippen molar-refractivity contribution in [2.75, 3.05) is 20.1 Å². The van der Waals surface area contributed by atoms with Gasteiger partial charge < -0.3 is 10.4 Å². The predicted octanol–water partition coefficient (Wildman–Crippen LogP) is 2.12. The highest BCUT2D eigenvalue weighted by molar-refractivity contribution is 6.35. The van der Waals surface area contributed by atoms with Gasteiger partial charge in [-0.15, -0.1) is 0 Å². The summed E-state index contributed by atoms with van der Waals surface area (Å²) in [5.41, 5.74) is 1.65. The summed E-state index contributed by atoms with van der Waals surface area (Å²) in [6, 6.07) is 2.47. The van der Waals surface area contributed by atoms with Crippen LogP contribution in [-0.4, -0.2) is 48.2 Å². The number of nitrogens with one attached hydrogen (secondary N) is 2. The van der Waals surface area contributed by atoms with Crippen molar-refractivity contribution in [3.8, 4) is 0 Å². The number of amides is 3. The number of nitrogens with zero attached hydrogens (tertiary/aromatic N) is 1. The highest BCUT2D eigenvalue weighted by atomic mass is 35.5. The summed E-state index contributed by atoms with van der Waals surface area (Å²) in [6.45, 7) is 2.39. The average molecular weight is 374 g/mol. The van der Waals surface area contributed by atoms with E-state index in [-0.39, 0.29) is 6.54 Å². The lowest BCUT2D eigenvalue weighted by Gasteiger charge is -2.27. The van der Waals surface area contributed by atoms with E-state index in [2.05, 4.69) is 10.6 Å². The normalized spacial score (nSPS) is 19.2. The van der Waals surface area contributed by atoms with E-state index in [4.69, 9.17) is 23.2 Å². The molecule has 8 heteroatoms. The Morgan fingerprint density at radius 1 is 1.38 bits per heavy atom. The molecule has 1 aliphatic carbocycles. The molecule has 0 fully saturated rings. The van der Waals surface area contributed by atoms with E-state index in [0.717, 1.165) is 17.5 Å². The SMILES string of the molecule is CCCNC(=O)NC(=O)CN(C)[C@@H]1c2cc(Cl)cc(Cl)c2C[C@@H]1O. The molecule has 0 saturated carbocycles. The fraction of sp³-hybridized carbons (Fsp3) is 0.500. The number of rotatable bonds is 5. The molecule has 2 rings (SSSR count). The number of halogens is 2. The molecular weight excluding hydrogens is 353 g/mol. The molecule has 2 atom stereocenters. The fourth-order valence-corrected chi connectivity index (χ4v) is 3.52. The van der Waals surface area contributed by atoms with E-state index in [1.165, 1.54) is 0 Å². The zero-order chi connectivity index (χ0) is 17.9. The standard InChI is InChI=1S/C16H21Cl2N3O3/c1-3-4-19-16(24)20-14(23)8-21(2)15-11-5-9(17)6-12(18)10(11)7-13(15)22/h5-6,13,15,22H,3-4,7-8H2,1-2H3,(H2,19,20,23,24)/t13-,15+/m0/s1. The number of fused-ring (bicyclic) bond motifs is 1. The van der Waals surface area contributed by atoms with Crippen molar-refractivity contribution >= 4 is 35.1 Å². The van der Waals surface area contributed by atoms with Crippen molar-refractivity contribution in [3.05, 3.63) is 33.3 Å². The van der Waals surface area contributed by atoms with Crippen molar-refractivity contribution in [2.45, 2.75) is 31.9 Å². The molecule has 3 N–H and O–H groups in total. The lowest BCUT2D eigenvalue weighted by Crippen LogP contribution is -2.45. The zero-order valence-electron chi connectivity index (χ0n) is 13.6. The highest BCUT2D eigenvalue weighted by Gasteiger charge is 2.36. The number of aliphatic hydroxyl groups is 1. The van der Waals surface area contributed by atoms with Crippen LogP contribution in [-0.2, 0) is 11.2 Å². The van der Waals surface area contributed by atoms with Crippen molar-refractivity contribution in [1.82, 2.24) is 15.5 Å². The third-order valence-electron chi connectivity index (χ3n) is 3.95. The van der Waals surface area contributed by atoms with E-state index < -0.39 is 24.1 Å². The van der Waals surface area contributed by atoms with Gasteiger partial charge in [0.15, 0.2) is 0 Å². The number of carbonyl (C=O) groups is 2. The van der Waals surface area contributed by atoms with Crippen LogP contribution in [0.4, 0.5) is 4.79 Å². The van der Waals surface area contributed by atoms with Crippen LogP contribution in [0, 0.1) is 0 Å². The number of likely N-dealkylation sites (N-methyl/N-ethyl adjacent to an activating group) is 1. The first kappa shape index (κ1) is 19.0. The molecule has 1 aromatic carbocycles. The Bertz CT molecular complexity index is 639. The first-order chi connectivity index (χ1) is 11.3. The maximum Gasteiger partial charge on any atom is 0.321 e. The topological polar surface area (TPSA) is 81.7 Å². The van der Waals surface area contributed by atoms with Crippen molar-refractivity contribution in [3.63, 3.8) is 0 Å². The Hall–Kier alpha value is -1.34. The number of hydrogen-bond donors (Lipinski definition) is 3. The Balaban J connectivity index is 2.04. The van der Waals surface area contributed by atoms with Gasteiger partial charge in [0.1, 0.15) is 0 Å². The van der Waals surface area contributed by atoms with E-state index in [0.29, 0.717) is 23.0 Å². The summed E-state index contributed by atoms with van der Waals surface area (Å²) in [7, 11) is 1.71. The molecule has 6 nitrogen and oxygen atoms in total. The molecule has 0 saturated heterocycles. The molecule has 0 radical (unpaired) electrons. The third-order valence-corrected chi connectivity index (χ3v) is 4.50. The summed E-state index contributed by atoms with van der Waals surface area (Å²) >= 11 is 12.2. The number of imide groups is 1. The Kier molecular flexibility index (Phi) is 6.46. The third kappa shape index (κ3) is 4.39. The molecule has 3 amide bonds. The summed E-state index contributed by atoms with van der Waals surface area (Å²) in [5.74, 6) is -0.445. The predicted molar refractivity (Wildman–Crippen MR) is 93.4 cm³/mol. The second kappa shape index (κ2) is 8.16. The number of benzene rings is 1. The fourth-order valence-electron chi connectivity index (χ4n) is 2.94. The van der Waals surface area contributed by atoms with Crippen LogP contribution < -0.4 is 10.6 Å². The van der Waals surface area contributed by atoms with Gasteiger partial charge in [-0.1, -0.05) is 30.1 Å². The Morgan fingerprint density at radius 3 is 2.75 bits per heavy atom. The minimum Gasteiger partial charge on any atom is -0.391 e.